The lowest BCUT2D eigenvalue weighted by molar-refractivity contribution is 0.607. The van der Waals surface area contributed by atoms with E-state index in [0.29, 0.717) is 5.02 Å². The molecule has 0 saturated heterocycles. The smallest absolute Gasteiger partial charge is 0.0995 e. The molecular formula is C15H20ClN. The lowest BCUT2D eigenvalue weighted by Crippen LogP contribution is -1.91. The van der Waals surface area contributed by atoms with Crippen LogP contribution in [0.3, 0.4) is 0 Å². The predicted octanol–water partition coefficient (Wildman–Crippen LogP) is 5.11. The Morgan fingerprint density at radius 3 is 2.53 bits per heavy atom. The van der Waals surface area contributed by atoms with E-state index >= 15 is 0 Å². The van der Waals surface area contributed by atoms with E-state index in [4.69, 9.17) is 16.9 Å². The molecule has 0 amide bonds. The summed E-state index contributed by atoms with van der Waals surface area (Å²) in [5, 5.41) is 9.65. The number of hydrogen-bond donors (Lipinski definition) is 0. The highest BCUT2D eigenvalue weighted by atomic mass is 35.5. The maximum absolute atomic E-state index is 9.01. The summed E-state index contributed by atoms with van der Waals surface area (Å²) in [6, 6.07) is 7.82. The Morgan fingerprint density at radius 1 is 1.12 bits per heavy atom. The Bertz CT molecular complexity index is 379. The average Bonchev–Trinajstić information content (AvgIpc) is 2.35. The summed E-state index contributed by atoms with van der Waals surface area (Å²) < 4.78 is 0. The van der Waals surface area contributed by atoms with Crippen molar-refractivity contribution in [2.75, 3.05) is 0 Å². The van der Waals surface area contributed by atoms with Crippen molar-refractivity contribution in [2.24, 2.45) is 0 Å². The Labute approximate surface area is 109 Å². The van der Waals surface area contributed by atoms with Crippen molar-refractivity contribution in [3.05, 3.63) is 34.3 Å². The molecule has 0 saturated carbocycles. The van der Waals surface area contributed by atoms with E-state index in [2.05, 4.69) is 13.0 Å². The van der Waals surface area contributed by atoms with E-state index in [-0.39, 0.29) is 0 Å². The zero-order valence-corrected chi connectivity index (χ0v) is 11.3. The van der Waals surface area contributed by atoms with Gasteiger partial charge in [0.25, 0.3) is 0 Å². The van der Waals surface area contributed by atoms with Crippen LogP contribution in [0.5, 0.6) is 0 Å². The van der Waals surface area contributed by atoms with Gasteiger partial charge in [0.2, 0.25) is 0 Å². The van der Waals surface area contributed by atoms with Gasteiger partial charge in [-0.1, -0.05) is 56.7 Å². The molecule has 1 nitrogen and oxygen atoms in total. The molecule has 0 aliphatic carbocycles. The molecule has 0 fully saturated rings. The second-order valence-corrected chi connectivity index (χ2v) is 4.87. The van der Waals surface area contributed by atoms with Gasteiger partial charge in [-0.05, 0) is 30.5 Å². The standard InChI is InChI=1S/C15H20ClN/c1-2-3-4-5-6-7-8-13-9-10-15(16)11-14(13)12-17/h9-11H,2-8H2,1H3. The maximum atomic E-state index is 9.01. The van der Waals surface area contributed by atoms with E-state index in [1.54, 1.807) is 6.07 Å². The zero-order valence-electron chi connectivity index (χ0n) is 10.5. The predicted molar refractivity (Wildman–Crippen MR) is 73.2 cm³/mol. The Morgan fingerprint density at radius 2 is 1.82 bits per heavy atom. The van der Waals surface area contributed by atoms with Crippen LogP contribution in [-0.4, -0.2) is 0 Å². The summed E-state index contributed by atoms with van der Waals surface area (Å²) in [5.41, 5.74) is 1.86. The van der Waals surface area contributed by atoms with Crippen LogP contribution in [0.15, 0.2) is 18.2 Å². The highest BCUT2D eigenvalue weighted by molar-refractivity contribution is 6.30. The first-order valence-electron chi connectivity index (χ1n) is 6.46. The Balaban J connectivity index is 2.34. The molecule has 0 unspecified atom stereocenters. The van der Waals surface area contributed by atoms with Crippen LogP contribution in [0.1, 0.15) is 56.6 Å². The summed E-state index contributed by atoms with van der Waals surface area (Å²) in [6.07, 6.45) is 8.69. The van der Waals surface area contributed by atoms with Gasteiger partial charge in [-0.15, -0.1) is 0 Å². The number of unbranched alkanes of at least 4 members (excludes halogenated alkanes) is 5. The first kappa shape index (κ1) is 14.1. The molecule has 0 heterocycles. The molecule has 0 radical (unpaired) electrons. The van der Waals surface area contributed by atoms with Gasteiger partial charge in [-0.3, -0.25) is 0 Å². The van der Waals surface area contributed by atoms with E-state index in [0.717, 1.165) is 17.5 Å². The summed E-state index contributed by atoms with van der Waals surface area (Å²) in [4.78, 5) is 0. The molecule has 0 aliphatic rings. The summed E-state index contributed by atoms with van der Waals surface area (Å²) in [5.74, 6) is 0. The molecule has 2 heteroatoms. The molecule has 0 N–H and O–H groups in total. The van der Waals surface area contributed by atoms with Gasteiger partial charge in [0.05, 0.1) is 11.6 Å². The van der Waals surface area contributed by atoms with Crippen LogP contribution in [0.25, 0.3) is 0 Å². The topological polar surface area (TPSA) is 23.8 Å². The molecule has 0 bridgehead atoms. The molecule has 0 atom stereocenters. The lowest BCUT2D eigenvalue weighted by atomic mass is 10.0. The van der Waals surface area contributed by atoms with Crippen LogP contribution < -0.4 is 0 Å². The minimum Gasteiger partial charge on any atom is -0.192 e. The zero-order chi connectivity index (χ0) is 12.5. The quantitative estimate of drug-likeness (QED) is 0.616. The third-order valence-corrected chi connectivity index (χ3v) is 3.23. The molecule has 92 valence electrons. The minimum atomic E-state index is 0.647. The lowest BCUT2D eigenvalue weighted by Gasteiger charge is -2.04. The van der Waals surface area contributed by atoms with Crippen molar-refractivity contribution < 1.29 is 0 Å². The summed E-state index contributed by atoms with van der Waals surface area (Å²) in [6.45, 7) is 2.23. The van der Waals surface area contributed by atoms with Crippen LogP contribution in [0, 0.1) is 11.3 Å². The summed E-state index contributed by atoms with van der Waals surface area (Å²) >= 11 is 5.86. The SMILES string of the molecule is CCCCCCCCc1ccc(Cl)cc1C#N. The van der Waals surface area contributed by atoms with Gasteiger partial charge in [0.15, 0.2) is 0 Å². The third kappa shape index (κ3) is 5.24. The van der Waals surface area contributed by atoms with Crippen molar-refractivity contribution >= 4 is 11.6 Å². The number of nitriles is 1. The molecule has 0 spiro atoms. The second-order valence-electron chi connectivity index (χ2n) is 4.43. The monoisotopic (exact) mass is 249 g/mol. The van der Waals surface area contributed by atoms with Crippen LogP contribution >= 0.6 is 11.6 Å². The number of hydrogen-bond acceptors (Lipinski definition) is 1. The van der Waals surface area contributed by atoms with Crippen molar-refractivity contribution in [1.29, 1.82) is 5.26 Å². The van der Waals surface area contributed by atoms with E-state index < -0.39 is 0 Å². The molecular weight excluding hydrogens is 230 g/mol. The summed E-state index contributed by atoms with van der Waals surface area (Å²) in [7, 11) is 0. The highest BCUT2D eigenvalue weighted by Crippen LogP contribution is 2.18. The van der Waals surface area contributed by atoms with Gasteiger partial charge in [0.1, 0.15) is 0 Å². The van der Waals surface area contributed by atoms with Gasteiger partial charge >= 0.3 is 0 Å². The fourth-order valence-electron chi connectivity index (χ4n) is 1.97. The molecule has 17 heavy (non-hydrogen) atoms. The van der Waals surface area contributed by atoms with Crippen LogP contribution in [-0.2, 0) is 6.42 Å². The van der Waals surface area contributed by atoms with E-state index in [1.807, 2.05) is 12.1 Å². The largest absolute Gasteiger partial charge is 0.192 e. The molecule has 1 aromatic carbocycles. The third-order valence-electron chi connectivity index (χ3n) is 2.99. The van der Waals surface area contributed by atoms with Crippen LogP contribution in [0.4, 0.5) is 0 Å². The number of nitrogens with zero attached hydrogens (tertiary/aromatic N) is 1. The normalized spacial score (nSPS) is 10.2. The number of rotatable bonds is 7. The second kappa shape index (κ2) is 8.14. The molecule has 1 aromatic rings. The fraction of sp³-hybridized carbons (Fsp3) is 0.533. The highest BCUT2D eigenvalue weighted by Gasteiger charge is 2.02. The van der Waals surface area contributed by atoms with E-state index in [1.165, 1.54) is 38.5 Å². The van der Waals surface area contributed by atoms with Gasteiger partial charge in [-0.25, -0.2) is 0 Å². The number of benzene rings is 1. The van der Waals surface area contributed by atoms with Crippen LogP contribution in [0.2, 0.25) is 5.02 Å². The first-order chi connectivity index (χ1) is 8.27. The van der Waals surface area contributed by atoms with Crippen molar-refractivity contribution in [1.82, 2.24) is 0 Å². The van der Waals surface area contributed by atoms with E-state index in [9.17, 15) is 0 Å². The Kier molecular flexibility index (Phi) is 6.74. The first-order valence-corrected chi connectivity index (χ1v) is 6.84. The number of aryl methyl sites for hydroxylation is 1. The fourth-order valence-corrected chi connectivity index (χ4v) is 2.14. The molecule has 1 rings (SSSR count). The maximum Gasteiger partial charge on any atom is 0.0995 e. The number of halogens is 1. The Hall–Kier alpha value is -1.00. The van der Waals surface area contributed by atoms with Gasteiger partial charge < -0.3 is 0 Å². The van der Waals surface area contributed by atoms with Crippen molar-refractivity contribution in [3.8, 4) is 6.07 Å². The molecule has 0 aromatic heterocycles. The van der Waals surface area contributed by atoms with Gasteiger partial charge in [0, 0.05) is 5.02 Å². The van der Waals surface area contributed by atoms with Crippen molar-refractivity contribution in [3.63, 3.8) is 0 Å². The van der Waals surface area contributed by atoms with Crippen molar-refractivity contribution in [2.45, 2.75) is 51.9 Å². The average molecular weight is 250 g/mol. The van der Waals surface area contributed by atoms with Gasteiger partial charge in [-0.2, -0.15) is 5.26 Å². The molecule has 0 aliphatic heterocycles. The minimum absolute atomic E-state index is 0.647.